The number of piperidine rings is 1. The van der Waals surface area contributed by atoms with Gasteiger partial charge in [-0.15, -0.1) is 0 Å². The highest BCUT2D eigenvalue weighted by atomic mass is 16.2. The summed E-state index contributed by atoms with van der Waals surface area (Å²) < 4.78 is 0. The van der Waals surface area contributed by atoms with Gasteiger partial charge in [0.05, 0.1) is 6.04 Å². The van der Waals surface area contributed by atoms with Gasteiger partial charge in [0.25, 0.3) is 5.91 Å². The van der Waals surface area contributed by atoms with Gasteiger partial charge in [0.2, 0.25) is 0 Å². The number of carbonyl (C=O) groups is 1. The second kappa shape index (κ2) is 5.43. The van der Waals surface area contributed by atoms with Gasteiger partial charge in [-0.05, 0) is 45.7 Å². The predicted molar refractivity (Wildman–Crippen MR) is 80.1 cm³/mol. The topological polar surface area (TPSA) is 20.3 Å². The van der Waals surface area contributed by atoms with E-state index in [1.54, 1.807) is 0 Å². The maximum absolute atomic E-state index is 12.7. The first kappa shape index (κ1) is 13.6. The van der Waals surface area contributed by atoms with Crippen molar-refractivity contribution >= 4 is 11.6 Å². The molecule has 1 saturated heterocycles. The predicted octanol–water partition coefficient (Wildman–Crippen LogP) is 4.09. The summed E-state index contributed by atoms with van der Waals surface area (Å²) in [6.45, 7) is 10.1. The SMILES string of the molecule is C=C(C)C1CCC(=C(C)C)C(=O)N1c1ccccc1. The third-order valence-electron chi connectivity index (χ3n) is 3.66. The van der Waals surface area contributed by atoms with E-state index < -0.39 is 0 Å². The molecule has 0 aliphatic carbocycles. The van der Waals surface area contributed by atoms with Gasteiger partial charge in [-0.25, -0.2) is 0 Å². The molecule has 0 bridgehead atoms. The van der Waals surface area contributed by atoms with Crippen molar-refractivity contribution in [3.63, 3.8) is 0 Å². The molecule has 2 rings (SSSR count). The molecule has 1 aliphatic heterocycles. The fraction of sp³-hybridized carbons (Fsp3) is 0.353. The molecule has 1 aromatic carbocycles. The number of allylic oxidation sites excluding steroid dienone is 1. The summed E-state index contributed by atoms with van der Waals surface area (Å²) in [6, 6.07) is 9.99. The Morgan fingerprint density at radius 1 is 1.21 bits per heavy atom. The van der Waals surface area contributed by atoms with E-state index in [-0.39, 0.29) is 11.9 Å². The number of amides is 1. The fourth-order valence-electron chi connectivity index (χ4n) is 2.62. The monoisotopic (exact) mass is 255 g/mol. The molecule has 1 aromatic rings. The van der Waals surface area contributed by atoms with Crippen LogP contribution < -0.4 is 4.90 Å². The Bertz CT molecular complexity index is 523. The molecule has 2 nitrogen and oxygen atoms in total. The normalized spacial score (nSPS) is 19.5. The van der Waals surface area contributed by atoms with Crippen molar-refractivity contribution in [3.8, 4) is 0 Å². The zero-order valence-corrected chi connectivity index (χ0v) is 11.9. The molecular formula is C17H21NO. The van der Waals surface area contributed by atoms with Crippen LogP contribution in [0.1, 0.15) is 33.6 Å². The van der Waals surface area contributed by atoms with Crippen LogP contribution in [0.15, 0.2) is 53.6 Å². The second-order valence-electron chi connectivity index (χ2n) is 5.39. The van der Waals surface area contributed by atoms with Crippen LogP contribution in [0.5, 0.6) is 0 Å². The number of benzene rings is 1. The van der Waals surface area contributed by atoms with Crippen molar-refractivity contribution in [1.29, 1.82) is 0 Å². The van der Waals surface area contributed by atoms with E-state index in [1.807, 2.05) is 56.0 Å². The van der Waals surface area contributed by atoms with Gasteiger partial charge in [-0.3, -0.25) is 4.79 Å². The summed E-state index contributed by atoms with van der Waals surface area (Å²) in [6.07, 6.45) is 1.80. The number of carbonyl (C=O) groups excluding carboxylic acids is 1. The lowest BCUT2D eigenvalue weighted by Crippen LogP contribution is -2.45. The van der Waals surface area contributed by atoms with Crippen LogP contribution in [-0.2, 0) is 4.79 Å². The third kappa shape index (κ3) is 2.62. The Morgan fingerprint density at radius 3 is 2.37 bits per heavy atom. The molecule has 2 heteroatoms. The molecule has 1 atom stereocenters. The Morgan fingerprint density at radius 2 is 1.84 bits per heavy atom. The van der Waals surface area contributed by atoms with Gasteiger partial charge in [-0.2, -0.15) is 0 Å². The van der Waals surface area contributed by atoms with E-state index in [9.17, 15) is 4.79 Å². The molecule has 100 valence electrons. The van der Waals surface area contributed by atoms with E-state index >= 15 is 0 Å². The number of para-hydroxylation sites is 1. The summed E-state index contributed by atoms with van der Waals surface area (Å²) in [5.41, 5.74) is 4.07. The molecule has 1 amide bonds. The molecule has 1 unspecified atom stereocenters. The lowest BCUT2D eigenvalue weighted by Gasteiger charge is -2.37. The van der Waals surface area contributed by atoms with E-state index in [1.165, 1.54) is 0 Å². The molecule has 1 heterocycles. The standard InChI is InChI=1S/C17H21NO/c1-12(2)15-10-11-16(13(3)4)18(17(15)19)14-8-6-5-7-9-14/h5-9,16H,3,10-11H2,1-2,4H3. The first-order valence-corrected chi connectivity index (χ1v) is 6.72. The van der Waals surface area contributed by atoms with E-state index in [0.29, 0.717) is 0 Å². The molecule has 1 aliphatic rings. The van der Waals surface area contributed by atoms with Gasteiger partial charge in [-0.1, -0.05) is 35.9 Å². The molecule has 19 heavy (non-hydrogen) atoms. The highest BCUT2D eigenvalue weighted by Gasteiger charge is 2.33. The van der Waals surface area contributed by atoms with Gasteiger partial charge in [0, 0.05) is 11.3 Å². The average Bonchev–Trinajstić information content (AvgIpc) is 2.38. The van der Waals surface area contributed by atoms with Crippen molar-refractivity contribution in [1.82, 2.24) is 0 Å². The third-order valence-corrected chi connectivity index (χ3v) is 3.66. The minimum atomic E-state index is 0.109. The summed E-state index contributed by atoms with van der Waals surface area (Å²) in [7, 11) is 0. The van der Waals surface area contributed by atoms with Gasteiger partial charge in [0.15, 0.2) is 0 Å². The minimum absolute atomic E-state index is 0.109. The van der Waals surface area contributed by atoms with Crippen LogP contribution in [0.25, 0.3) is 0 Å². The van der Waals surface area contributed by atoms with Crippen LogP contribution in [0.4, 0.5) is 5.69 Å². The minimum Gasteiger partial charge on any atom is -0.302 e. The quantitative estimate of drug-likeness (QED) is 0.575. The number of hydrogen-bond donors (Lipinski definition) is 0. The van der Waals surface area contributed by atoms with Gasteiger partial charge < -0.3 is 4.90 Å². The van der Waals surface area contributed by atoms with Crippen LogP contribution in [0.2, 0.25) is 0 Å². The van der Waals surface area contributed by atoms with E-state index in [2.05, 4.69) is 6.58 Å². The van der Waals surface area contributed by atoms with Crippen LogP contribution in [0, 0.1) is 0 Å². The largest absolute Gasteiger partial charge is 0.302 e. The van der Waals surface area contributed by atoms with Gasteiger partial charge in [0.1, 0.15) is 0 Å². The van der Waals surface area contributed by atoms with Crippen molar-refractivity contribution in [2.75, 3.05) is 4.90 Å². The van der Waals surface area contributed by atoms with Crippen molar-refractivity contribution in [3.05, 3.63) is 53.6 Å². The summed E-state index contributed by atoms with van der Waals surface area (Å²) in [4.78, 5) is 14.6. The number of rotatable bonds is 2. The van der Waals surface area contributed by atoms with E-state index in [4.69, 9.17) is 0 Å². The summed E-state index contributed by atoms with van der Waals surface area (Å²) in [5.74, 6) is 0.130. The number of nitrogens with zero attached hydrogens (tertiary/aromatic N) is 1. The average molecular weight is 255 g/mol. The lowest BCUT2D eigenvalue weighted by molar-refractivity contribution is -0.116. The molecule has 1 fully saturated rings. The smallest absolute Gasteiger partial charge is 0.254 e. The Kier molecular flexibility index (Phi) is 3.89. The number of hydrogen-bond acceptors (Lipinski definition) is 1. The Balaban J connectivity index is 2.46. The highest BCUT2D eigenvalue weighted by molar-refractivity contribution is 6.07. The number of anilines is 1. The zero-order chi connectivity index (χ0) is 14.0. The maximum atomic E-state index is 12.7. The van der Waals surface area contributed by atoms with Crippen molar-refractivity contribution in [2.45, 2.75) is 39.7 Å². The lowest BCUT2D eigenvalue weighted by atomic mass is 9.90. The van der Waals surface area contributed by atoms with Crippen LogP contribution >= 0.6 is 0 Å². The molecule has 0 spiro atoms. The van der Waals surface area contributed by atoms with Crippen molar-refractivity contribution < 1.29 is 4.79 Å². The Hall–Kier alpha value is -1.83. The van der Waals surface area contributed by atoms with Crippen LogP contribution in [-0.4, -0.2) is 11.9 Å². The van der Waals surface area contributed by atoms with E-state index in [0.717, 1.165) is 35.2 Å². The maximum Gasteiger partial charge on any atom is 0.254 e. The van der Waals surface area contributed by atoms with Gasteiger partial charge >= 0.3 is 0 Å². The Labute approximate surface area is 115 Å². The first-order chi connectivity index (χ1) is 9.02. The van der Waals surface area contributed by atoms with Crippen molar-refractivity contribution in [2.24, 2.45) is 0 Å². The molecule has 0 aromatic heterocycles. The summed E-state index contributed by atoms with van der Waals surface area (Å²) in [5, 5.41) is 0. The fourth-order valence-corrected chi connectivity index (χ4v) is 2.62. The molecule has 0 saturated carbocycles. The summed E-state index contributed by atoms with van der Waals surface area (Å²) >= 11 is 0. The highest BCUT2D eigenvalue weighted by Crippen LogP contribution is 2.32. The second-order valence-corrected chi connectivity index (χ2v) is 5.39. The molecule has 0 N–H and O–H groups in total. The zero-order valence-electron chi connectivity index (χ0n) is 11.9. The molecular weight excluding hydrogens is 234 g/mol. The van der Waals surface area contributed by atoms with Crippen LogP contribution in [0.3, 0.4) is 0 Å². The molecule has 0 radical (unpaired) electrons. The first-order valence-electron chi connectivity index (χ1n) is 6.72.